The van der Waals surface area contributed by atoms with E-state index in [9.17, 15) is 14.4 Å². The third-order valence-electron chi connectivity index (χ3n) is 5.61. The Morgan fingerprint density at radius 2 is 2.14 bits per heavy atom. The highest BCUT2D eigenvalue weighted by molar-refractivity contribution is 7.09. The molecule has 35 heavy (non-hydrogen) atoms. The van der Waals surface area contributed by atoms with Crippen LogP contribution in [0.1, 0.15) is 56.1 Å². The van der Waals surface area contributed by atoms with Gasteiger partial charge in [-0.25, -0.2) is 0 Å². The summed E-state index contributed by atoms with van der Waals surface area (Å²) >= 11 is 0.750. The first-order chi connectivity index (χ1) is 16.8. The Balaban J connectivity index is 1.72. The van der Waals surface area contributed by atoms with Gasteiger partial charge in [-0.3, -0.25) is 19.4 Å². The second-order valence-electron chi connectivity index (χ2n) is 8.16. The Morgan fingerprint density at radius 1 is 1.31 bits per heavy atom. The van der Waals surface area contributed by atoms with Crippen LogP contribution in [0.2, 0.25) is 0 Å². The summed E-state index contributed by atoms with van der Waals surface area (Å²) in [6, 6.07) is 5.76. The van der Waals surface area contributed by atoms with Crippen molar-refractivity contribution >= 4 is 34.9 Å². The number of nitrogen functional groups attached to an aromatic ring is 1. The van der Waals surface area contributed by atoms with Gasteiger partial charge in [-0.2, -0.15) is 4.37 Å². The minimum absolute atomic E-state index is 0.00268. The number of aromatic nitrogens is 2. The van der Waals surface area contributed by atoms with Crippen LogP contribution in [0.15, 0.2) is 41.1 Å². The van der Waals surface area contributed by atoms with E-state index < -0.39 is 23.8 Å². The van der Waals surface area contributed by atoms with Crippen LogP contribution in [0, 0.1) is 6.92 Å². The Bertz CT molecular complexity index is 1200. The topological polar surface area (TPSA) is 167 Å². The fraction of sp³-hybridized carbons (Fsp3) is 0.348. The molecule has 0 saturated carbocycles. The molecule has 0 bridgehead atoms. The Hall–Kier alpha value is -3.77. The lowest BCUT2D eigenvalue weighted by Gasteiger charge is -2.30. The molecule has 1 fully saturated rings. The van der Waals surface area contributed by atoms with E-state index in [2.05, 4.69) is 14.7 Å². The molecule has 0 spiro atoms. The van der Waals surface area contributed by atoms with Crippen molar-refractivity contribution in [2.24, 2.45) is 5.73 Å². The molecule has 3 aromatic rings. The van der Waals surface area contributed by atoms with Crippen molar-refractivity contribution in [3.63, 3.8) is 0 Å². The molecule has 0 aliphatic carbocycles. The van der Waals surface area contributed by atoms with Crippen molar-refractivity contribution in [1.82, 2.24) is 19.6 Å². The predicted molar refractivity (Wildman–Crippen MR) is 127 cm³/mol. The molecule has 1 aliphatic rings. The average Bonchev–Trinajstić information content (AvgIpc) is 3.59. The van der Waals surface area contributed by atoms with Gasteiger partial charge in [-0.15, -0.1) is 0 Å². The second kappa shape index (κ2) is 10.7. The lowest BCUT2D eigenvalue weighted by Crippen LogP contribution is -2.45. The maximum atomic E-state index is 13.8. The van der Waals surface area contributed by atoms with Gasteiger partial charge in [0.25, 0.3) is 17.7 Å². The minimum atomic E-state index is -1.13. The monoisotopic (exact) mass is 498 g/mol. The summed E-state index contributed by atoms with van der Waals surface area (Å²) in [5.41, 5.74) is 11.7. The number of hydrogen-bond acceptors (Lipinski definition) is 9. The van der Waals surface area contributed by atoms with Crippen LogP contribution in [0.3, 0.4) is 0 Å². The van der Waals surface area contributed by atoms with Gasteiger partial charge in [-0.05, 0) is 55.1 Å². The molecular weight excluding hydrogens is 472 g/mol. The van der Waals surface area contributed by atoms with Gasteiger partial charge in [0.2, 0.25) is 0 Å². The second-order valence-corrected chi connectivity index (χ2v) is 8.94. The maximum absolute atomic E-state index is 13.8. The smallest absolute Gasteiger partial charge is 0.270 e. The molecule has 4 heterocycles. The number of amides is 3. The van der Waals surface area contributed by atoms with Gasteiger partial charge >= 0.3 is 0 Å². The standard InChI is InChI=1S/C23H26N6O5S/c1-13-6-7-16(34-13)19(22(31)27-11-15-5-3-9-33-15)29(12-14-4-2-8-26-10-14)23(32)20-17(24)18(21(25)30)28-35-20/h2,4,6-8,10,15,19H,3,5,9,11-12,24H2,1H3,(H2,25,30)(H,27,31)/t15-,19-/m1/s1. The number of primary amides is 1. The molecule has 1 aliphatic heterocycles. The first-order valence-electron chi connectivity index (χ1n) is 11.1. The number of aryl methyl sites for hydroxylation is 1. The number of rotatable bonds is 9. The van der Waals surface area contributed by atoms with E-state index in [1.165, 1.54) is 4.90 Å². The van der Waals surface area contributed by atoms with E-state index in [4.69, 9.17) is 20.6 Å². The van der Waals surface area contributed by atoms with Gasteiger partial charge in [0.05, 0.1) is 11.8 Å². The Morgan fingerprint density at radius 3 is 2.74 bits per heavy atom. The van der Waals surface area contributed by atoms with Crippen LogP contribution in [-0.2, 0) is 16.1 Å². The van der Waals surface area contributed by atoms with E-state index in [1.54, 1.807) is 43.6 Å². The average molecular weight is 499 g/mol. The largest absolute Gasteiger partial charge is 0.464 e. The van der Waals surface area contributed by atoms with E-state index in [-0.39, 0.29) is 34.7 Å². The molecule has 3 aromatic heterocycles. The number of carbonyl (C=O) groups is 3. The number of furan rings is 1. The summed E-state index contributed by atoms with van der Waals surface area (Å²) in [7, 11) is 0. The number of carbonyl (C=O) groups excluding carboxylic acids is 3. The molecule has 5 N–H and O–H groups in total. The summed E-state index contributed by atoms with van der Waals surface area (Å²) in [5.74, 6) is -1.01. The third kappa shape index (κ3) is 5.49. The summed E-state index contributed by atoms with van der Waals surface area (Å²) in [4.78, 5) is 44.4. The zero-order chi connectivity index (χ0) is 24.9. The predicted octanol–water partition coefficient (Wildman–Crippen LogP) is 1.80. The summed E-state index contributed by atoms with van der Waals surface area (Å²) < 4.78 is 15.3. The molecule has 2 atom stereocenters. The quantitative estimate of drug-likeness (QED) is 0.401. The maximum Gasteiger partial charge on any atom is 0.270 e. The van der Waals surface area contributed by atoms with Gasteiger partial charge in [0.1, 0.15) is 16.4 Å². The van der Waals surface area contributed by atoms with Crippen molar-refractivity contribution in [3.05, 3.63) is 64.3 Å². The molecule has 0 unspecified atom stereocenters. The lowest BCUT2D eigenvalue weighted by molar-refractivity contribution is -0.127. The number of nitrogens with two attached hydrogens (primary N) is 2. The fourth-order valence-electron chi connectivity index (χ4n) is 3.87. The normalized spacial score (nSPS) is 16.1. The first-order valence-corrected chi connectivity index (χ1v) is 11.8. The zero-order valence-electron chi connectivity index (χ0n) is 19.1. The van der Waals surface area contributed by atoms with Gasteiger partial charge in [0.15, 0.2) is 11.7 Å². The van der Waals surface area contributed by atoms with Crippen LogP contribution < -0.4 is 16.8 Å². The Kier molecular flexibility index (Phi) is 7.42. The van der Waals surface area contributed by atoms with Crippen molar-refractivity contribution in [2.75, 3.05) is 18.9 Å². The van der Waals surface area contributed by atoms with Gasteiger partial charge in [0, 0.05) is 32.1 Å². The van der Waals surface area contributed by atoms with Gasteiger partial charge in [-0.1, -0.05) is 6.07 Å². The summed E-state index contributed by atoms with van der Waals surface area (Å²) in [5, 5.41) is 2.89. The van der Waals surface area contributed by atoms with E-state index in [0.717, 1.165) is 24.4 Å². The SMILES string of the molecule is Cc1ccc([C@H](C(=O)NC[C@H]2CCCO2)N(Cc2cccnc2)C(=O)c2snc(C(N)=O)c2N)o1. The number of nitrogens with one attached hydrogen (secondary N) is 1. The van der Waals surface area contributed by atoms with E-state index in [1.807, 2.05) is 0 Å². The van der Waals surface area contributed by atoms with Crippen molar-refractivity contribution in [2.45, 2.75) is 38.5 Å². The lowest BCUT2D eigenvalue weighted by atomic mass is 10.1. The molecule has 4 rings (SSSR count). The summed E-state index contributed by atoms with van der Waals surface area (Å²) in [6.07, 6.45) is 4.89. The fourth-order valence-corrected chi connectivity index (χ4v) is 4.63. The van der Waals surface area contributed by atoms with Crippen LogP contribution in [0.4, 0.5) is 5.69 Å². The zero-order valence-corrected chi connectivity index (χ0v) is 19.9. The number of nitrogens with zero attached hydrogens (tertiary/aromatic N) is 3. The van der Waals surface area contributed by atoms with Gasteiger partial charge < -0.3 is 30.8 Å². The molecule has 11 nitrogen and oxygen atoms in total. The highest BCUT2D eigenvalue weighted by atomic mass is 32.1. The van der Waals surface area contributed by atoms with E-state index >= 15 is 0 Å². The molecule has 12 heteroatoms. The molecular formula is C23H26N6O5S. The highest BCUT2D eigenvalue weighted by Crippen LogP contribution is 2.31. The summed E-state index contributed by atoms with van der Waals surface area (Å²) in [6.45, 7) is 2.73. The number of hydrogen-bond donors (Lipinski definition) is 3. The molecule has 1 saturated heterocycles. The van der Waals surface area contributed by atoms with Crippen molar-refractivity contribution in [1.29, 1.82) is 0 Å². The molecule has 0 aromatic carbocycles. The number of pyridine rings is 1. The number of anilines is 1. The van der Waals surface area contributed by atoms with E-state index in [0.29, 0.717) is 24.5 Å². The minimum Gasteiger partial charge on any atom is -0.464 e. The molecule has 0 radical (unpaired) electrons. The molecule has 184 valence electrons. The first kappa shape index (κ1) is 24.4. The number of ether oxygens (including phenoxy) is 1. The Labute approximate surface area is 205 Å². The van der Waals surface area contributed by atoms with Crippen molar-refractivity contribution < 1.29 is 23.5 Å². The van der Waals surface area contributed by atoms with Crippen LogP contribution in [0.5, 0.6) is 0 Å². The highest BCUT2D eigenvalue weighted by Gasteiger charge is 2.37. The third-order valence-corrected chi connectivity index (χ3v) is 6.46. The van der Waals surface area contributed by atoms with Crippen LogP contribution in [0.25, 0.3) is 0 Å². The van der Waals surface area contributed by atoms with Crippen molar-refractivity contribution in [3.8, 4) is 0 Å². The van der Waals surface area contributed by atoms with Crippen LogP contribution in [-0.4, -0.2) is 51.2 Å². The molecule has 3 amide bonds. The van der Waals surface area contributed by atoms with Crippen LogP contribution >= 0.6 is 11.5 Å².